The predicted octanol–water partition coefficient (Wildman–Crippen LogP) is 1.89. The van der Waals surface area contributed by atoms with Crippen molar-refractivity contribution >= 4 is 5.82 Å². The molecule has 4 heterocycles. The fraction of sp³-hybridized carbons (Fsp3) is 0.550. The average molecular weight is 368 g/mol. The van der Waals surface area contributed by atoms with Crippen LogP contribution in [0.1, 0.15) is 29.7 Å². The second-order valence-corrected chi connectivity index (χ2v) is 7.51. The zero-order valence-corrected chi connectivity index (χ0v) is 16.4. The highest BCUT2D eigenvalue weighted by Gasteiger charge is 2.26. The van der Waals surface area contributed by atoms with Gasteiger partial charge in [0.25, 0.3) is 0 Å². The van der Waals surface area contributed by atoms with Gasteiger partial charge in [0.05, 0.1) is 24.0 Å². The molecule has 7 heteroatoms. The summed E-state index contributed by atoms with van der Waals surface area (Å²) in [5, 5.41) is 0. The third-order valence-electron chi connectivity index (χ3n) is 5.41. The summed E-state index contributed by atoms with van der Waals surface area (Å²) >= 11 is 0. The van der Waals surface area contributed by atoms with Crippen LogP contribution in [0.5, 0.6) is 5.75 Å². The van der Waals surface area contributed by atoms with Gasteiger partial charge in [0.2, 0.25) is 0 Å². The Balaban J connectivity index is 1.51. The Kier molecular flexibility index (Phi) is 5.22. The summed E-state index contributed by atoms with van der Waals surface area (Å²) in [4.78, 5) is 21.0. The molecule has 27 heavy (non-hydrogen) atoms. The van der Waals surface area contributed by atoms with Crippen molar-refractivity contribution in [3.8, 4) is 5.75 Å². The molecule has 1 fully saturated rings. The maximum absolute atomic E-state index is 5.75. The molecule has 2 aliphatic rings. The molecule has 0 unspecified atom stereocenters. The van der Waals surface area contributed by atoms with Crippen molar-refractivity contribution in [2.75, 3.05) is 51.8 Å². The van der Waals surface area contributed by atoms with E-state index in [0.29, 0.717) is 0 Å². The summed E-state index contributed by atoms with van der Waals surface area (Å²) in [6.45, 7) is 7.65. The van der Waals surface area contributed by atoms with Crippen molar-refractivity contribution in [3.05, 3.63) is 41.6 Å². The number of hydrogen-bond donors (Lipinski definition) is 0. The Morgan fingerprint density at radius 2 is 2.04 bits per heavy atom. The minimum Gasteiger partial charge on any atom is -0.492 e. The van der Waals surface area contributed by atoms with Gasteiger partial charge in [0.15, 0.2) is 0 Å². The number of aryl methyl sites for hydroxylation is 1. The van der Waals surface area contributed by atoms with Gasteiger partial charge in [0.1, 0.15) is 17.4 Å². The number of pyridine rings is 1. The second kappa shape index (κ2) is 7.78. The fourth-order valence-corrected chi connectivity index (χ4v) is 3.88. The molecule has 2 aromatic rings. The van der Waals surface area contributed by atoms with Gasteiger partial charge >= 0.3 is 0 Å². The van der Waals surface area contributed by atoms with E-state index < -0.39 is 0 Å². The van der Waals surface area contributed by atoms with E-state index in [4.69, 9.17) is 9.72 Å². The first kappa shape index (κ1) is 18.1. The van der Waals surface area contributed by atoms with Gasteiger partial charge < -0.3 is 14.5 Å². The predicted molar refractivity (Wildman–Crippen MR) is 105 cm³/mol. The molecule has 144 valence electrons. The highest BCUT2D eigenvalue weighted by molar-refractivity contribution is 5.40. The molecular weight excluding hydrogens is 340 g/mol. The molecule has 0 spiro atoms. The minimum atomic E-state index is 0.248. The Hall–Kier alpha value is -2.25. The molecule has 0 aromatic carbocycles. The van der Waals surface area contributed by atoms with Crippen molar-refractivity contribution in [2.45, 2.75) is 25.9 Å². The van der Waals surface area contributed by atoms with Gasteiger partial charge in [-0.05, 0) is 33.2 Å². The van der Waals surface area contributed by atoms with Gasteiger partial charge in [-0.2, -0.15) is 0 Å². The van der Waals surface area contributed by atoms with Crippen LogP contribution < -0.4 is 9.64 Å². The van der Waals surface area contributed by atoms with Crippen molar-refractivity contribution in [3.63, 3.8) is 0 Å². The summed E-state index contributed by atoms with van der Waals surface area (Å²) in [5.74, 6) is 2.78. The molecule has 0 bridgehead atoms. The summed E-state index contributed by atoms with van der Waals surface area (Å²) in [5.41, 5.74) is 2.08. The van der Waals surface area contributed by atoms with Crippen LogP contribution in [0.4, 0.5) is 5.82 Å². The Labute approximate surface area is 161 Å². The van der Waals surface area contributed by atoms with Gasteiger partial charge in [-0.3, -0.25) is 9.88 Å². The van der Waals surface area contributed by atoms with E-state index in [1.807, 2.05) is 25.3 Å². The minimum absolute atomic E-state index is 0.248. The Bertz CT molecular complexity index is 790. The molecule has 0 saturated carbocycles. The zero-order chi connectivity index (χ0) is 18.8. The van der Waals surface area contributed by atoms with Crippen LogP contribution in [0.3, 0.4) is 0 Å². The first-order chi connectivity index (χ1) is 13.1. The molecular formula is C20H28N6O. The number of fused-ring (bicyclic) bond motifs is 1. The van der Waals surface area contributed by atoms with Gasteiger partial charge in [-0.1, -0.05) is 0 Å². The fourth-order valence-electron chi connectivity index (χ4n) is 3.88. The first-order valence-electron chi connectivity index (χ1n) is 9.66. The topological polar surface area (TPSA) is 57.6 Å². The Morgan fingerprint density at radius 1 is 1.22 bits per heavy atom. The number of anilines is 1. The number of hydrogen-bond acceptors (Lipinski definition) is 7. The van der Waals surface area contributed by atoms with E-state index >= 15 is 0 Å². The number of rotatable bonds is 4. The van der Waals surface area contributed by atoms with Crippen molar-refractivity contribution in [1.29, 1.82) is 0 Å². The third-order valence-corrected chi connectivity index (χ3v) is 5.41. The van der Waals surface area contributed by atoms with Crippen LogP contribution in [-0.2, 0) is 6.54 Å². The summed E-state index contributed by atoms with van der Waals surface area (Å²) < 4.78 is 5.75. The zero-order valence-electron chi connectivity index (χ0n) is 16.4. The molecule has 2 aliphatic heterocycles. The number of piperazine rings is 1. The molecule has 7 nitrogen and oxygen atoms in total. The molecule has 4 rings (SSSR count). The Morgan fingerprint density at radius 3 is 2.85 bits per heavy atom. The van der Waals surface area contributed by atoms with Gasteiger partial charge in [0, 0.05) is 51.4 Å². The molecule has 0 amide bonds. The first-order valence-corrected chi connectivity index (χ1v) is 9.66. The lowest BCUT2D eigenvalue weighted by Crippen LogP contribution is -2.45. The van der Waals surface area contributed by atoms with E-state index in [0.717, 1.165) is 74.5 Å². The quantitative estimate of drug-likeness (QED) is 0.817. The van der Waals surface area contributed by atoms with Crippen LogP contribution in [0, 0.1) is 6.92 Å². The van der Waals surface area contributed by atoms with E-state index in [1.165, 1.54) is 0 Å². The average Bonchev–Trinajstić information content (AvgIpc) is 2.67. The molecule has 0 radical (unpaired) electrons. The van der Waals surface area contributed by atoms with Crippen molar-refractivity contribution in [1.82, 2.24) is 24.8 Å². The van der Waals surface area contributed by atoms with E-state index in [1.54, 1.807) is 0 Å². The number of likely N-dealkylation sites (N-methyl/N-ethyl adjacent to an activating group) is 1. The number of nitrogens with zero attached hydrogens (tertiary/aromatic N) is 6. The molecule has 0 N–H and O–H groups in total. The van der Waals surface area contributed by atoms with Gasteiger partial charge in [-0.15, -0.1) is 0 Å². The maximum atomic E-state index is 5.75. The summed E-state index contributed by atoms with van der Waals surface area (Å²) in [6, 6.07) is 6.32. The largest absolute Gasteiger partial charge is 0.492 e. The van der Waals surface area contributed by atoms with E-state index in [2.05, 4.69) is 44.8 Å². The standard InChI is InChI=1S/C20H28N6O/c1-15-22-16(13-19(23-15)26-10-8-24(2)9-11-26)14-25(3)17-6-12-27-18-5-4-7-21-20(17)18/h4-5,7,13,17H,6,8-12,14H2,1-3H3/t17-/m0/s1. The normalized spacial score (nSPS) is 20.4. The van der Waals surface area contributed by atoms with Crippen molar-refractivity contribution in [2.24, 2.45) is 0 Å². The monoisotopic (exact) mass is 368 g/mol. The second-order valence-electron chi connectivity index (χ2n) is 7.51. The lowest BCUT2D eigenvalue weighted by molar-refractivity contribution is 0.154. The molecule has 0 aliphatic carbocycles. The van der Waals surface area contributed by atoms with Gasteiger partial charge in [-0.25, -0.2) is 9.97 Å². The SMILES string of the molecule is Cc1nc(CN(C)[C@H]2CCOc3cccnc32)cc(N2CCN(C)CC2)n1. The van der Waals surface area contributed by atoms with Crippen LogP contribution in [0.2, 0.25) is 0 Å². The van der Waals surface area contributed by atoms with E-state index in [-0.39, 0.29) is 6.04 Å². The smallest absolute Gasteiger partial charge is 0.142 e. The lowest BCUT2D eigenvalue weighted by atomic mass is 10.0. The highest BCUT2D eigenvalue weighted by atomic mass is 16.5. The highest BCUT2D eigenvalue weighted by Crippen LogP contribution is 2.34. The lowest BCUT2D eigenvalue weighted by Gasteiger charge is -2.34. The van der Waals surface area contributed by atoms with Crippen LogP contribution >= 0.6 is 0 Å². The summed E-state index contributed by atoms with van der Waals surface area (Å²) in [7, 11) is 4.31. The summed E-state index contributed by atoms with van der Waals surface area (Å²) in [6.07, 6.45) is 2.78. The van der Waals surface area contributed by atoms with Crippen LogP contribution in [-0.4, -0.2) is 71.6 Å². The van der Waals surface area contributed by atoms with Crippen molar-refractivity contribution < 1.29 is 4.74 Å². The third kappa shape index (κ3) is 4.04. The number of ether oxygens (including phenoxy) is 1. The molecule has 1 saturated heterocycles. The maximum Gasteiger partial charge on any atom is 0.142 e. The number of aromatic nitrogens is 3. The molecule has 2 aromatic heterocycles. The van der Waals surface area contributed by atoms with Crippen LogP contribution in [0.25, 0.3) is 0 Å². The van der Waals surface area contributed by atoms with E-state index in [9.17, 15) is 0 Å². The molecule has 1 atom stereocenters. The van der Waals surface area contributed by atoms with Crippen LogP contribution in [0.15, 0.2) is 24.4 Å².